The molecule has 216 valence electrons. The van der Waals surface area contributed by atoms with E-state index in [1.54, 1.807) is 23.0 Å². The average Bonchev–Trinajstić information content (AvgIpc) is 2.92. The van der Waals surface area contributed by atoms with Gasteiger partial charge in [0.1, 0.15) is 18.3 Å². The van der Waals surface area contributed by atoms with Gasteiger partial charge in [0.25, 0.3) is 0 Å². The lowest BCUT2D eigenvalue weighted by molar-refractivity contribution is -0.146. The number of rotatable bonds is 5. The number of hydrogen-bond acceptors (Lipinski definition) is 5. The highest BCUT2D eigenvalue weighted by molar-refractivity contribution is 6.30. The maximum atomic E-state index is 13.9. The van der Waals surface area contributed by atoms with E-state index in [1.165, 1.54) is 0 Å². The molecule has 0 radical (unpaired) electrons. The molecule has 1 aliphatic carbocycles. The molecular weight excluding hydrogens is 532 g/mol. The largest absolute Gasteiger partial charge is 0.496 e. The predicted octanol–water partition coefficient (Wildman–Crippen LogP) is 5.71. The van der Waals surface area contributed by atoms with Gasteiger partial charge in [-0.25, -0.2) is 0 Å². The third-order valence-electron chi connectivity index (χ3n) is 7.59. The summed E-state index contributed by atoms with van der Waals surface area (Å²) in [4.78, 5) is 42.7. The molecule has 1 fully saturated rings. The zero-order chi connectivity index (χ0) is 29.0. The summed E-state index contributed by atoms with van der Waals surface area (Å²) < 4.78 is 12.2. The van der Waals surface area contributed by atoms with E-state index in [1.807, 2.05) is 57.2 Å². The van der Waals surface area contributed by atoms with Gasteiger partial charge >= 0.3 is 5.97 Å². The summed E-state index contributed by atoms with van der Waals surface area (Å²) >= 11 is 6.51. The number of para-hydroxylation sites is 1. The lowest BCUT2D eigenvalue weighted by Crippen LogP contribution is -2.47. The Labute approximate surface area is 241 Å². The van der Waals surface area contributed by atoms with Gasteiger partial charge in [-0.2, -0.15) is 0 Å². The number of fused-ring (bicyclic) bond motifs is 1. The van der Waals surface area contributed by atoms with Crippen LogP contribution in [0.1, 0.15) is 70.1 Å². The Morgan fingerprint density at radius 2 is 1.85 bits per heavy atom. The van der Waals surface area contributed by atoms with Crippen LogP contribution in [0.3, 0.4) is 0 Å². The second-order valence-electron chi connectivity index (χ2n) is 11.9. The van der Waals surface area contributed by atoms with Gasteiger partial charge < -0.3 is 24.4 Å². The molecule has 3 atom stereocenters. The van der Waals surface area contributed by atoms with Crippen molar-refractivity contribution in [3.63, 3.8) is 0 Å². The molecule has 1 unspecified atom stereocenters. The van der Waals surface area contributed by atoms with Gasteiger partial charge in [-0.15, -0.1) is 0 Å². The van der Waals surface area contributed by atoms with E-state index < -0.39 is 18.0 Å². The first-order valence-corrected chi connectivity index (χ1v) is 14.2. The van der Waals surface area contributed by atoms with Crippen LogP contribution in [0.2, 0.25) is 5.02 Å². The van der Waals surface area contributed by atoms with Crippen LogP contribution in [0, 0.1) is 11.3 Å². The van der Waals surface area contributed by atoms with E-state index in [2.05, 4.69) is 0 Å². The molecule has 2 aliphatic rings. The lowest BCUT2D eigenvalue weighted by Gasteiger charge is -2.37. The van der Waals surface area contributed by atoms with Crippen molar-refractivity contribution in [3.8, 4) is 5.75 Å². The Bertz CT molecular complexity index is 1240. The highest BCUT2D eigenvalue weighted by Crippen LogP contribution is 2.40. The summed E-state index contributed by atoms with van der Waals surface area (Å²) in [6, 6.07) is 12.7. The molecule has 1 saturated carbocycles. The van der Waals surface area contributed by atoms with Crippen LogP contribution < -0.4 is 9.64 Å². The van der Waals surface area contributed by atoms with Crippen LogP contribution in [0.25, 0.3) is 0 Å². The number of methoxy groups -OCH3 is 1. The fourth-order valence-corrected chi connectivity index (χ4v) is 5.95. The molecular formula is C31H39ClN2O6. The van der Waals surface area contributed by atoms with Crippen molar-refractivity contribution >= 4 is 35.1 Å². The van der Waals surface area contributed by atoms with E-state index in [4.69, 9.17) is 21.1 Å². The number of carboxylic acids is 1. The van der Waals surface area contributed by atoms with Crippen molar-refractivity contribution in [1.82, 2.24) is 4.90 Å². The Morgan fingerprint density at radius 3 is 2.55 bits per heavy atom. The van der Waals surface area contributed by atoms with Gasteiger partial charge in [0.15, 0.2) is 0 Å². The van der Waals surface area contributed by atoms with E-state index >= 15 is 0 Å². The van der Waals surface area contributed by atoms with Crippen molar-refractivity contribution in [1.29, 1.82) is 0 Å². The number of hydrogen-bond donors (Lipinski definition) is 1. The quantitative estimate of drug-likeness (QED) is 0.463. The third-order valence-corrected chi connectivity index (χ3v) is 7.83. The van der Waals surface area contributed by atoms with Crippen LogP contribution in [-0.4, -0.2) is 60.6 Å². The summed E-state index contributed by atoms with van der Waals surface area (Å²) in [5, 5.41) is 10.1. The SMILES string of the molecule is COc1ccccc1C1OCCN([C@@H]2CCC[C@H](C(=O)O)C2)C(=O)CC(=O)N(CC(C)(C)C)c2ccc(Cl)cc21. The third kappa shape index (κ3) is 6.96. The number of nitrogens with zero attached hydrogens (tertiary/aromatic N) is 2. The van der Waals surface area contributed by atoms with E-state index in [0.29, 0.717) is 54.3 Å². The Balaban J connectivity index is 1.82. The van der Waals surface area contributed by atoms with Gasteiger partial charge in [0, 0.05) is 41.0 Å². The number of ether oxygens (including phenoxy) is 2. The van der Waals surface area contributed by atoms with Crippen LogP contribution in [0.15, 0.2) is 42.5 Å². The molecule has 0 spiro atoms. The molecule has 0 saturated heterocycles. The second-order valence-corrected chi connectivity index (χ2v) is 12.3. The molecule has 40 heavy (non-hydrogen) atoms. The van der Waals surface area contributed by atoms with E-state index in [-0.39, 0.29) is 42.8 Å². The maximum Gasteiger partial charge on any atom is 0.306 e. The van der Waals surface area contributed by atoms with Gasteiger partial charge in [-0.1, -0.05) is 57.0 Å². The highest BCUT2D eigenvalue weighted by atomic mass is 35.5. The predicted molar refractivity (Wildman–Crippen MR) is 154 cm³/mol. The molecule has 1 aliphatic heterocycles. The Hall–Kier alpha value is -3.10. The molecule has 1 N–H and O–H groups in total. The number of carbonyl (C=O) groups excluding carboxylic acids is 2. The summed E-state index contributed by atoms with van der Waals surface area (Å²) in [5.41, 5.74) is 1.84. The Morgan fingerprint density at radius 1 is 1.10 bits per heavy atom. The standard InChI is InChI=1S/C31H39ClN2O6/c1-31(2,3)19-34-25-13-12-21(32)17-24(25)29(23-10-5-6-11-26(23)39-4)40-15-14-33(27(35)18-28(34)36)22-9-7-8-20(16-22)30(37)38/h5-6,10-13,17,20,22,29H,7-9,14-16,18-19H2,1-4H3,(H,37,38)/t20-,22+,29?/m0/s1. The fraction of sp³-hybridized carbons (Fsp3) is 0.516. The van der Waals surface area contributed by atoms with Crippen molar-refractivity contribution in [2.24, 2.45) is 11.3 Å². The highest BCUT2D eigenvalue weighted by Gasteiger charge is 2.36. The Kier molecular flexibility index (Phi) is 9.41. The first-order chi connectivity index (χ1) is 19.0. The molecule has 2 amide bonds. The minimum atomic E-state index is -0.845. The number of carboxylic acid groups (broad SMARTS) is 1. The summed E-state index contributed by atoms with van der Waals surface area (Å²) in [7, 11) is 1.60. The number of halogens is 1. The first-order valence-electron chi connectivity index (χ1n) is 13.8. The lowest BCUT2D eigenvalue weighted by atomic mass is 9.85. The fourth-order valence-electron chi connectivity index (χ4n) is 5.77. The monoisotopic (exact) mass is 570 g/mol. The summed E-state index contributed by atoms with van der Waals surface area (Å²) in [6.07, 6.45) is 1.42. The molecule has 8 nitrogen and oxygen atoms in total. The topological polar surface area (TPSA) is 96.4 Å². The number of aliphatic carboxylic acids is 1. The molecule has 9 heteroatoms. The summed E-state index contributed by atoms with van der Waals surface area (Å²) in [5.74, 6) is -1.35. The molecule has 1 heterocycles. The van der Waals surface area contributed by atoms with Crippen molar-refractivity contribution in [3.05, 3.63) is 58.6 Å². The van der Waals surface area contributed by atoms with Crippen LogP contribution in [0.4, 0.5) is 5.69 Å². The van der Waals surface area contributed by atoms with E-state index in [0.717, 1.165) is 5.56 Å². The van der Waals surface area contributed by atoms with Gasteiger partial charge in [-0.05, 0) is 48.9 Å². The smallest absolute Gasteiger partial charge is 0.306 e. The average molecular weight is 571 g/mol. The van der Waals surface area contributed by atoms with Gasteiger partial charge in [0.05, 0.1) is 19.6 Å². The molecule has 2 aromatic rings. The number of benzene rings is 2. The van der Waals surface area contributed by atoms with Crippen LogP contribution in [-0.2, 0) is 19.1 Å². The van der Waals surface area contributed by atoms with Gasteiger partial charge in [0.2, 0.25) is 11.8 Å². The number of amides is 2. The van der Waals surface area contributed by atoms with Crippen LogP contribution in [0.5, 0.6) is 5.75 Å². The second kappa shape index (κ2) is 12.6. The summed E-state index contributed by atoms with van der Waals surface area (Å²) in [6.45, 7) is 6.91. The van der Waals surface area contributed by atoms with Crippen molar-refractivity contribution < 1.29 is 29.0 Å². The maximum absolute atomic E-state index is 13.9. The number of anilines is 1. The first kappa shape index (κ1) is 29.9. The minimum Gasteiger partial charge on any atom is -0.496 e. The zero-order valence-corrected chi connectivity index (χ0v) is 24.4. The molecule has 4 rings (SSSR count). The van der Waals surface area contributed by atoms with Crippen molar-refractivity contribution in [2.45, 2.75) is 65.0 Å². The van der Waals surface area contributed by atoms with E-state index in [9.17, 15) is 19.5 Å². The number of carbonyl (C=O) groups is 3. The molecule has 0 bridgehead atoms. The molecule has 0 aromatic heterocycles. The zero-order valence-electron chi connectivity index (χ0n) is 23.7. The molecule has 2 aromatic carbocycles. The van der Waals surface area contributed by atoms with Gasteiger partial charge in [-0.3, -0.25) is 14.4 Å². The van der Waals surface area contributed by atoms with Crippen molar-refractivity contribution in [2.75, 3.05) is 31.7 Å². The minimum absolute atomic E-state index is 0.183. The normalized spacial score (nSPS) is 22.9. The van der Waals surface area contributed by atoms with Crippen LogP contribution >= 0.6 is 11.6 Å².